The van der Waals surface area contributed by atoms with Crippen molar-refractivity contribution in [3.8, 4) is 11.8 Å². The van der Waals surface area contributed by atoms with Gasteiger partial charge in [-0.15, -0.1) is 0 Å². The predicted octanol–water partition coefficient (Wildman–Crippen LogP) is 0.826. The van der Waals surface area contributed by atoms with Gasteiger partial charge < -0.3 is 16.0 Å². The molecule has 2 aromatic rings. The van der Waals surface area contributed by atoms with E-state index in [0.717, 1.165) is 55.2 Å². The number of piperazine rings is 1. The van der Waals surface area contributed by atoms with Crippen molar-refractivity contribution in [3.63, 3.8) is 0 Å². The third-order valence-corrected chi connectivity index (χ3v) is 3.78. The van der Waals surface area contributed by atoms with Crippen LogP contribution in [0.3, 0.4) is 0 Å². The van der Waals surface area contributed by atoms with Gasteiger partial charge in [-0.2, -0.15) is 0 Å². The normalized spacial score (nSPS) is 14.2. The molecule has 118 valence electrons. The van der Waals surface area contributed by atoms with Crippen molar-refractivity contribution in [2.24, 2.45) is 0 Å². The van der Waals surface area contributed by atoms with Gasteiger partial charge in [-0.25, -0.2) is 15.0 Å². The van der Waals surface area contributed by atoms with Gasteiger partial charge in [-0.05, 0) is 18.6 Å². The van der Waals surface area contributed by atoms with Crippen LogP contribution in [0.15, 0.2) is 24.7 Å². The van der Waals surface area contributed by atoms with E-state index in [1.54, 1.807) is 18.6 Å². The molecule has 0 atom stereocenters. The third-order valence-electron chi connectivity index (χ3n) is 3.78. The van der Waals surface area contributed by atoms with E-state index < -0.39 is 0 Å². The van der Waals surface area contributed by atoms with E-state index in [1.807, 2.05) is 6.07 Å². The monoisotopic (exact) mass is 308 g/mol. The molecule has 3 N–H and O–H groups in total. The van der Waals surface area contributed by atoms with Crippen LogP contribution in [0, 0.1) is 11.8 Å². The van der Waals surface area contributed by atoms with E-state index in [1.165, 1.54) is 0 Å². The number of nitrogens with one attached hydrogen (secondary N) is 1. The molecule has 1 saturated heterocycles. The number of pyridine rings is 1. The van der Waals surface area contributed by atoms with Crippen molar-refractivity contribution in [1.82, 2.24) is 20.3 Å². The fraction of sp³-hybridized carbons (Fsp3) is 0.353. The van der Waals surface area contributed by atoms with Crippen molar-refractivity contribution in [2.45, 2.75) is 13.3 Å². The van der Waals surface area contributed by atoms with Crippen LogP contribution in [-0.4, -0.2) is 41.1 Å². The summed E-state index contributed by atoms with van der Waals surface area (Å²) in [6.45, 7) is 5.86. The van der Waals surface area contributed by atoms with Crippen LogP contribution < -0.4 is 16.0 Å². The molecule has 1 aliphatic heterocycles. The van der Waals surface area contributed by atoms with Crippen LogP contribution in [0.5, 0.6) is 0 Å². The van der Waals surface area contributed by atoms with Crippen molar-refractivity contribution < 1.29 is 0 Å². The highest BCUT2D eigenvalue weighted by Gasteiger charge is 2.17. The maximum absolute atomic E-state index is 5.61. The van der Waals surface area contributed by atoms with E-state index in [0.29, 0.717) is 5.82 Å². The summed E-state index contributed by atoms with van der Waals surface area (Å²) < 4.78 is 0. The zero-order valence-corrected chi connectivity index (χ0v) is 13.2. The zero-order valence-electron chi connectivity index (χ0n) is 13.2. The Kier molecular flexibility index (Phi) is 4.69. The summed E-state index contributed by atoms with van der Waals surface area (Å²) in [7, 11) is 0. The van der Waals surface area contributed by atoms with E-state index in [9.17, 15) is 0 Å². The molecular weight excluding hydrogens is 288 g/mol. The first-order valence-corrected chi connectivity index (χ1v) is 7.81. The fourth-order valence-corrected chi connectivity index (χ4v) is 2.54. The number of hydrogen-bond acceptors (Lipinski definition) is 6. The number of nitrogen functional groups attached to an aromatic ring is 1. The van der Waals surface area contributed by atoms with Crippen LogP contribution in [0.1, 0.15) is 23.7 Å². The first-order chi connectivity index (χ1) is 11.3. The van der Waals surface area contributed by atoms with Crippen molar-refractivity contribution in [3.05, 3.63) is 41.5 Å². The van der Waals surface area contributed by atoms with Crippen LogP contribution >= 0.6 is 0 Å². The average molecular weight is 308 g/mol. The van der Waals surface area contributed by atoms with Gasteiger partial charge in [0.15, 0.2) is 0 Å². The van der Waals surface area contributed by atoms with E-state index in [2.05, 4.69) is 43.9 Å². The molecular formula is C17H20N6. The largest absolute Gasteiger partial charge is 0.384 e. The van der Waals surface area contributed by atoms with Crippen molar-refractivity contribution >= 4 is 11.6 Å². The summed E-state index contributed by atoms with van der Waals surface area (Å²) in [6.07, 6.45) is 4.14. The highest BCUT2D eigenvalue weighted by atomic mass is 15.2. The van der Waals surface area contributed by atoms with Crippen LogP contribution in [0.25, 0.3) is 0 Å². The Morgan fingerprint density at radius 2 is 2.00 bits per heavy atom. The quantitative estimate of drug-likeness (QED) is 0.800. The van der Waals surface area contributed by atoms with Crippen molar-refractivity contribution in [1.29, 1.82) is 0 Å². The number of aryl methyl sites for hydroxylation is 1. The molecule has 2 aromatic heterocycles. The van der Waals surface area contributed by atoms with Gasteiger partial charge in [0, 0.05) is 37.9 Å². The van der Waals surface area contributed by atoms with E-state index in [-0.39, 0.29) is 0 Å². The second kappa shape index (κ2) is 7.07. The summed E-state index contributed by atoms with van der Waals surface area (Å²) in [5, 5.41) is 3.35. The Hall–Kier alpha value is -2.65. The van der Waals surface area contributed by atoms with Crippen LogP contribution in [0.2, 0.25) is 0 Å². The van der Waals surface area contributed by atoms with E-state index in [4.69, 9.17) is 5.73 Å². The fourth-order valence-electron chi connectivity index (χ4n) is 2.54. The molecule has 0 radical (unpaired) electrons. The number of aromatic nitrogens is 3. The molecule has 3 rings (SSSR count). The Labute approximate surface area is 136 Å². The second-order valence-electron chi connectivity index (χ2n) is 5.33. The molecule has 0 aromatic carbocycles. The number of anilines is 2. The van der Waals surface area contributed by atoms with Gasteiger partial charge in [0.1, 0.15) is 18.0 Å². The lowest BCUT2D eigenvalue weighted by Gasteiger charge is -2.29. The number of rotatable bonds is 2. The first kappa shape index (κ1) is 15.3. The topological polar surface area (TPSA) is 80.0 Å². The second-order valence-corrected chi connectivity index (χ2v) is 5.33. The molecule has 0 amide bonds. The molecule has 3 heterocycles. The molecule has 6 nitrogen and oxygen atoms in total. The molecule has 0 spiro atoms. The van der Waals surface area contributed by atoms with Crippen molar-refractivity contribution in [2.75, 3.05) is 36.8 Å². The average Bonchev–Trinajstić information content (AvgIpc) is 2.61. The minimum atomic E-state index is 0.495. The summed E-state index contributed by atoms with van der Waals surface area (Å²) in [5.74, 6) is 7.82. The molecule has 6 heteroatoms. The Balaban J connectivity index is 1.98. The molecule has 23 heavy (non-hydrogen) atoms. The molecule has 1 fully saturated rings. The van der Waals surface area contributed by atoms with Gasteiger partial charge in [-0.1, -0.05) is 18.8 Å². The molecule has 1 aliphatic rings. The lowest BCUT2D eigenvalue weighted by molar-refractivity contribution is 0.583. The predicted molar refractivity (Wildman–Crippen MR) is 91.1 cm³/mol. The van der Waals surface area contributed by atoms with Gasteiger partial charge >= 0.3 is 0 Å². The number of nitrogens with zero attached hydrogens (tertiary/aromatic N) is 4. The third kappa shape index (κ3) is 3.58. The minimum Gasteiger partial charge on any atom is -0.384 e. The van der Waals surface area contributed by atoms with Gasteiger partial charge in [0.2, 0.25) is 0 Å². The smallest absolute Gasteiger partial charge is 0.148 e. The highest BCUT2D eigenvalue weighted by Crippen LogP contribution is 2.20. The summed E-state index contributed by atoms with van der Waals surface area (Å²) in [5.41, 5.74) is 8.33. The van der Waals surface area contributed by atoms with Gasteiger partial charge in [0.05, 0.1) is 11.3 Å². The summed E-state index contributed by atoms with van der Waals surface area (Å²) in [4.78, 5) is 15.2. The van der Waals surface area contributed by atoms with Gasteiger partial charge in [0.25, 0.3) is 0 Å². The minimum absolute atomic E-state index is 0.495. The standard InChI is InChI=1S/C17H20N6/c1-2-15-14(5-3-13-4-6-16(18)20-11-13)17(22-12-21-15)23-9-7-19-8-10-23/h4,6,11-12,19H,2,7-10H2,1H3,(H2,18,20). The zero-order chi connectivity index (χ0) is 16.1. The van der Waals surface area contributed by atoms with Gasteiger partial charge in [-0.3, -0.25) is 0 Å². The molecule has 0 aliphatic carbocycles. The van der Waals surface area contributed by atoms with E-state index >= 15 is 0 Å². The molecule has 0 bridgehead atoms. The molecule has 0 saturated carbocycles. The molecule has 0 unspecified atom stereocenters. The summed E-state index contributed by atoms with van der Waals surface area (Å²) >= 11 is 0. The summed E-state index contributed by atoms with van der Waals surface area (Å²) in [6, 6.07) is 3.62. The SMILES string of the molecule is CCc1ncnc(N2CCNCC2)c1C#Cc1ccc(N)nc1. The Morgan fingerprint density at radius 1 is 1.17 bits per heavy atom. The Morgan fingerprint density at radius 3 is 2.70 bits per heavy atom. The maximum Gasteiger partial charge on any atom is 0.148 e. The lowest BCUT2D eigenvalue weighted by atomic mass is 10.1. The lowest BCUT2D eigenvalue weighted by Crippen LogP contribution is -2.44. The first-order valence-electron chi connectivity index (χ1n) is 7.81. The van der Waals surface area contributed by atoms with Crippen LogP contribution in [0.4, 0.5) is 11.6 Å². The highest BCUT2D eigenvalue weighted by molar-refractivity contribution is 5.59. The maximum atomic E-state index is 5.61. The van der Waals surface area contributed by atoms with Crippen LogP contribution in [-0.2, 0) is 6.42 Å². The number of hydrogen-bond donors (Lipinski definition) is 2. The Bertz CT molecular complexity index is 723. The number of nitrogens with two attached hydrogens (primary N) is 1.